The summed E-state index contributed by atoms with van der Waals surface area (Å²) in [5.74, 6) is 4.48. The van der Waals surface area contributed by atoms with Crippen LogP contribution in [0.2, 0.25) is 0 Å². The normalized spacial score (nSPS) is 7.78. The molecule has 0 saturated heterocycles. The summed E-state index contributed by atoms with van der Waals surface area (Å²) in [4.78, 5) is 0. The van der Waals surface area contributed by atoms with Crippen LogP contribution in [-0.4, -0.2) is 0 Å². The summed E-state index contributed by atoms with van der Waals surface area (Å²) in [6, 6.07) is 0. The second-order valence-corrected chi connectivity index (χ2v) is 6.98. The molecule has 0 aromatic carbocycles. The molecular formula is C3H3Cl3P2Zr. The van der Waals surface area contributed by atoms with Gasteiger partial charge in [0.25, 0.3) is 0 Å². The summed E-state index contributed by atoms with van der Waals surface area (Å²) in [6.45, 7) is 0. The molecule has 50 valence electrons. The molecule has 0 fully saturated rings. The maximum absolute atomic E-state index is 2.26. The SMILES string of the molecule is [Cl-].[Cl-].[Cl-].[Zr+3][c]1pcc[pH]1. The average Bonchev–Trinajstić information content (AvgIpc) is 1.86. The summed E-state index contributed by atoms with van der Waals surface area (Å²) in [6.07, 6.45) is 0. The van der Waals surface area contributed by atoms with Crippen molar-refractivity contribution in [2.24, 2.45) is 0 Å². The van der Waals surface area contributed by atoms with E-state index in [1.165, 1.54) is 8.19 Å². The topological polar surface area (TPSA) is 0 Å². The van der Waals surface area contributed by atoms with Gasteiger partial charge in [0.05, 0.1) is 0 Å². The summed E-state index contributed by atoms with van der Waals surface area (Å²) < 4.78 is 1.68. The Balaban J connectivity index is -0.000000120. The first-order valence-electron chi connectivity index (χ1n) is 1.60. The van der Waals surface area contributed by atoms with E-state index in [0.29, 0.717) is 0 Å². The van der Waals surface area contributed by atoms with Crippen molar-refractivity contribution >= 4 is 19.1 Å². The van der Waals surface area contributed by atoms with E-state index < -0.39 is 0 Å². The van der Waals surface area contributed by atoms with Crippen LogP contribution in [0.5, 0.6) is 0 Å². The molecule has 6 heteroatoms. The van der Waals surface area contributed by atoms with Crippen molar-refractivity contribution in [1.29, 1.82) is 0 Å². The summed E-state index contributed by atoms with van der Waals surface area (Å²) in [7, 11) is 2.52. The third-order valence-corrected chi connectivity index (χ3v) is 4.73. The van der Waals surface area contributed by atoms with E-state index >= 15 is 0 Å². The van der Waals surface area contributed by atoms with E-state index in [1.54, 1.807) is 27.5 Å². The van der Waals surface area contributed by atoms with Crippen molar-refractivity contribution in [2.45, 2.75) is 0 Å². The van der Waals surface area contributed by atoms with Crippen LogP contribution < -0.4 is 40.0 Å². The molecule has 0 N–H and O–H groups in total. The molecule has 0 spiro atoms. The zero-order valence-electron chi connectivity index (χ0n) is 4.24. The van der Waals surface area contributed by atoms with E-state index in [0.717, 1.165) is 8.19 Å². The Morgan fingerprint density at radius 3 is 2.00 bits per heavy atom. The fraction of sp³-hybridized carbons (Fsp3) is 0. The molecule has 1 atom stereocenters. The first-order valence-corrected chi connectivity index (χ1v) is 4.87. The van der Waals surface area contributed by atoms with Crippen LogP contribution in [0.3, 0.4) is 0 Å². The first kappa shape index (κ1) is 17.2. The molecule has 1 aromatic heterocycles. The molecule has 0 aliphatic rings. The molecule has 1 rings (SSSR count). The fourth-order valence-corrected chi connectivity index (χ4v) is 3.08. The van der Waals surface area contributed by atoms with Gasteiger partial charge >= 0.3 is 55.4 Å². The Hall–Kier alpha value is 1.96. The van der Waals surface area contributed by atoms with E-state index in [9.17, 15) is 0 Å². The molecule has 9 heavy (non-hydrogen) atoms. The van der Waals surface area contributed by atoms with E-state index in [4.69, 9.17) is 0 Å². The zero-order chi connectivity index (χ0) is 4.41. The van der Waals surface area contributed by atoms with E-state index in [1.807, 2.05) is 0 Å². The van der Waals surface area contributed by atoms with Gasteiger partial charge in [0.2, 0.25) is 0 Å². The molecule has 0 aliphatic carbocycles. The Morgan fingerprint density at radius 1 is 1.33 bits per heavy atom. The number of rotatable bonds is 0. The number of hydrogen-bond donors (Lipinski definition) is 0. The summed E-state index contributed by atoms with van der Waals surface area (Å²) >= 11 is 1.62. The summed E-state index contributed by atoms with van der Waals surface area (Å²) in [5, 5.41) is 0. The van der Waals surface area contributed by atoms with Crippen molar-refractivity contribution < 1.29 is 61.9 Å². The van der Waals surface area contributed by atoms with Crippen LogP contribution in [0.15, 0.2) is 11.6 Å². The molecule has 1 heterocycles. The molecule has 1 unspecified atom stereocenters. The van der Waals surface area contributed by atoms with Crippen LogP contribution in [0, 0.1) is 0 Å². The zero-order valence-corrected chi connectivity index (χ0v) is 10.9. The third-order valence-electron chi connectivity index (χ3n) is 0.498. The molecule has 1 aromatic rings. The Bertz CT molecular complexity index is 121. The molecule has 0 bridgehead atoms. The molecule has 0 aliphatic heterocycles. The van der Waals surface area contributed by atoms with Crippen molar-refractivity contribution in [3.05, 3.63) is 11.6 Å². The molecular weight excluding hydrogens is 296 g/mol. The minimum absolute atomic E-state index is 0. The number of hydrogen-bond acceptors (Lipinski definition) is 0. The average molecular weight is 299 g/mol. The maximum atomic E-state index is 2.26. The van der Waals surface area contributed by atoms with Gasteiger partial charge in [-0.25, -0.2) is 0 Å². The Morgan fingerprint density at radius 2 is 1.89 bits per heavy atom. The molecule has 0 radical (unpaired) electrons. The van der Waals surface area contributed by atoms with Crippen LogP contribution >= 0.6 is 16.4 Å². The van der Waals surface area contributed by atoms with Crippen molar-refractivity contribution in [3.63, 3.8) is 0 Å². The van der Waals surface area contributed by atoms with Gasteiger partial charge in [-0.1, -0.05) is 0 Å². The molecule has 0 amide bonds. The van der Waals surface area contributed by atoms with Gasteiger partial charge in [0.15, 0.2) is 0 Å². The van der Waals surface area contributed by atoms with Crippen LogP contribution in [0.4, 0.5) is 0 Å². The van der Waals surface area contributed by atoms with Crippen molar-refractivity contribution in [2.75, 3.05) is 0 Å². The van der Waals surface area contributed by atoms with Gasteiger partial charge in [-0.3, -0.25) is 0 Å². The van der Waals surface area contributed by atoms with Crippen molar-refractivity contribution in [1.82, 2.24) is 0 Å². The minimum atomic E-state index is 0. The van der Waals surface area contributed by atoms with Crippen LogP contribution in [0.1, 0.15) is 0 Å². The van der Waals surface area contributed by atoms with E-state index in [2.05, 4.69) is 11.6 Å². The van der Waals surface area contributed by atoms with Gasteiger partial charge < -0.3 is 37.2 Å². The predicted octanol–water partition coefficient (Wildman–Crippen LogP) is -7.52. The first-order chi connectivity index (χ1) is 2.89. The fourth-order valence-electron chi connectivity index (χ4n) is 0.265. The molecule has 0 nitrogen and oxygen atoms in total. The van der Waals surface area contributed by atoms with Crippen molar-refractivity contribution in [3.8, 4) is 0 Å². The summed E-state index contributed by atoms with van der Waals surface area (Å²) in [5.41, 5.74) is 0. The van der Waals surface area contributed by atoms with Crippen LogP contribution in [0.25, 0.3) is 0 Å². The molecule has 0 saturated carbocycles. The van der Waals surface area contributed by atoms with Gasteiger partial charge in [-0.2, -0.15) is 0 Å². The Kier molecular flexibility index (Phi) is 19.0. The van der Waals surface area contributed by atoms with Gasteiger partial charge in [0.1, 0.15) is 0 Å². The second kappa shape index (κ2) is 9.96. The monoisotopic (exact) mass is 296 g/mol. The quantitative estimate of drug-likeness (QED) is 0.446. The predicted molar refractivity (Wildman–Crippen MR) is 28.1 cm³/mol. The van der Waals surface area contributed by atoms with Gasteiger partial charge in [0, 0.05) is 0 Å². The third kappa shape index (κ3) is 7.86. The van der Waals surface area contributed by atoms with Gasteiger partial charge in [-0.05, 0) is 0 Å². The Labute approximate surface area is 91.8 Å². The van der Waals surface area contributed by atoms with Crippen LogP contribution in [-0.2, 0) is 24.7 Å². The van der Waals surface area contributed by atoms with E-state index in [-0.39, 0.29) is 37.2 Å². The number of halogens is 3. The standard InChI is InChI=1S/C3H3P2.3ClH.Zr/c1-2-5-3-4-1;;;;/h1-2,4H;3*1H;/q;;;;+3/p-3. The van der Waals surface area contributed by atoms with Gasteiger partial charge in [-0.15, -0.1) is 0 Å². The second-order valence-electron chi connectivity index (χ2n) is 0.938.